The van der Waals surface area contributed by atoms with Crippen LogP contribution in [0.15, 0.2) is 94.0 Å². The molecule has 1 atom stereocenters. The van der Waals surface area contributed by atoms with Crippen molar-refractivity contribution in [2.75, 3.05) is 5.32 Å². The number of rotatable bonds is 4. The number of carbonyl (C=O) groups excluding carboxylic acids is 2. The number of fused-ring (bicyclic) bond motifs is 3. The summed E-state index contributed by atoms with van der Waals surface area (Å²) in [4.78, 5) is 53.7. The third-order valence-corrected chi connectivity index (χ3v) is 6.77. The highest BCUT2D eigenvalue weighted by Crippen LogP contribution is 2.47. The average molecular weight is 492 g/mol. The third kappa shape index (κ3) is 3.70. The molecule has 8 heteroatoms. The Hall–Kier alpha value is -4.98. The van der Waals surface area contributed by atoms with Crippen LogP contribution in [0.2, 0.25) is 0 Å². The summed E-state index contributed by atoms with van der Waals surface area (Å²) in [6.45, 7) is 0. The van der Waals surface area contributed by atoms with Gasteiger partial charge in [-0.15, -0.1) is 0 Å². The number of hydrogen-bond donors (Lipinski definition) is 2. The highest BCUT2D eigenvalue weighted by Gasteiger charge is 2.42. The van der Waals surface area contributed by atoms with Gasteiger partial charge < -0.3 is 10.1 Å². The second-order valence-corrected chi connectivity index (χ2v) is 9.01. The fraction of sp³-hybridized carbons (Fsp3) is 0.103. The van der Waals surface area contributed by atoms with E-state index in [4.69, 9.17) is 4.74 Å². The van der Waals surface area contributed by atoms with Crippen molar-refractivity contribution in [2.45, 2.75) is 12.3 Å². The monoisotopic (exact) mass is 491 g/mol. The number of nitrogens with zero attached hydrogens (tertiary/aromatic N) is 1. The Kier molecular flexibility index (Phi) is 5.22. The van der Waals surface area contributed by atoms with E-state index in [1.807, 2.05) is 42.5 Å². The second kappa shape index (κ2) is 8.60. The molecule has 1 aromatic heterocycles. The number of Topliss-reactive ketones (excluding diaryl/α,β-unsaturated/α-hetero) is 1. The van der Waals surface area contributed by atoms with Crippen molar-refractivity contribution in [1.29, 1.82) is 0 Å². The van der Waals surface area contributed by atoms with E-state index in [1.54, 1.807) is 43.4 Å². The van der Waals surface area contributed by atoms with E-state index >= 15 is 0 Å². The second-order valence-electron chi connectivity index (χ2n) is 9.01. The van der Waals surface area contributed by atoms with Gasteiger partial charge in [-0.25, -0.2) is 4.79 Å². The number of esters is 1. The van der Waals surface area contributed by atoms with E-state index < -0.39 is 23.1 Å². The first-order chi connectivity index (χ1) is 17.9. The number of H-pyrrole nitrogens is 1. The first kappa shape index (κ1) is 22.5. The lowest BCUT2D eigenvalue weighted by molar-refractivity contribution is -0.133. The predicted molar refractivity (Wildman–Crippen MR) is 138 cm³/mol. The molecular weight excluding hydrogens is 470 g/mol. The quantitative estimate of drug-likeness (QED) is 0.335. The number of ketones is 1. The van der Waals surface area contributed by atoms with Gasteiger partial charge in [0, 0.05) is 29.7 Å². The van der Waals surface area contributed by atoms with Gasteiger partial charge in [0.05, 0.1) is 17.7 Å². The average Bonchev–Trinajstić information content (AvgIpc) is 3.19. The zero-order valence-electron chi connectivity index (χ0n) is 19.8. The number of carbonyl (C=O) groups is 2. The van der Waals surface area contributed by atoms with Crippen molar-refractivity contribution in [3.8, 4) is 5.75 Å². The topological polar surface area (TPSA) is 110 Å². The summed E-state index contributed by atoms with van der Waals surface area (Å²) in [6.07, 6.45) is 0.136. The molecule has 0 fully saturated rings. The Bertz CT molecular complexity index is 1730. The highest BCUT2D eigenvalue weighted by molar-refractivity contribution is 6.23. The SMILES string of the molecule is Cn1c2c(c(=O)[nH]c1=O)[C@H](c1ccc(OC(=O)Cc3ccccc3)cc1)C1=C(N2)c2ccccc2C1=O. The molecule has 3 aromatic carbocycles. The molecule has 0 unspecified atom stereocenters. The van der Waals surface area contributed by atoms with Gasteiger partial charge in [0.25, 0.3) is 5.56 Å². The molecule has 0 radical (unpaired) electrons. The van der Waals surface area contributed by atoms with Crippen molar-refractivity contribution in [1.82, 2.24) is 9.55 Å². The van der Waals surface area contributed by atoms with Crippen molar-refractivity contribution in [2.24, 2.45) is 7.05 Å². The smallest absolute Gasteiger partial charge is 0.329 e. The van der Waals surface area contributed by atoms with Crippen molar-refractivity contribution >= 4 is 23.3 Å². The highest BCUT2D eigenvalue weighted by atomic mass is 16.5. The summed E-state index contributed by atoms with van der Waals surface area (Å²) in [5, 5.41) is 3.19. The number of nitrogens with one attached hydrogen (secondary N) is 2. The molecule has 6 rings (SSSR count). The van der Waals surface area contributed by atoms with Gasteiger partial charge in [0.15, 0.2) is 5.78 Å². The first-order valence-corrected chi connectivity index (χ1v) is 11.8. The van der Waals surface area contributed by atoms with Crippen LogP contribution < -0.4 is 21.3 Å². The van der Waals surface area contributed by atoms with E-state index in [-0.39, 0.29) is 17.8 Å². The normalized spacial score (nSPS) is 15.5. The Morgan fingerprint density at radius 3 is 2.30 bits per heavy atom. The van der Waals surface area contributed by atoms with Crippen LogP contribution in [-0.2, 0) is 18.3 Å². The zero-order valence-corrected chi connectivity index (χ0v) is 19.8. The summed E-state index contributed by atoms with van der Waals surface area (Å²) in [6, 6.07) is 23.3. The molecule has 4 aromatic rings. The minimum atomic E-state index is -0.726. The molecule has 1 aliphatic heterocycles. The zero-order chi connectivity index (χ0) is 25.7. The molecule has 2 N–H and O–H groups in total. The Balaban J connectivity index is 1.40. The maximum absolute atomic E-state index is 13.5. The van der Waals surface area contributed by atoms with E-state index in [0.29, 0.717) is 34.0 Å². The standard InChI is InChI=1S/C29H21N3O5/c1-32-27-24(28(35)31-29(32)36)22(23-25(30-27)19-9-5-6-10-20(19)26(23)34)17-11-13-18(14-12-17)37-21(33)15-16-7-3-2-4-8-16/h2-14,22,30H,15H2,1H3,(H,31,35,36)/t22-/m1/s1. The first-order valence-electron chi connectivity index (χ1n) is 11.8. The van der Waals surface area contributed by atoms with Crippen LogP contribution in [0.3, 0.4) is 0 Å². The van der Waals surface area contributed by atoms with E-state index in [1.165, 1.54) is 4.57 Å². The number of aromatic nitrogens is 2. The Morgan fingerprint density at radius 2 is 1.57 bits per heavy atom. The number of benzene rings is 3. The van der Waals surface area contributed by atoms with Crippen molar-refractivity contribution in [3.05, 3.63) is 133 Å². The number of hydrogen-bond acceptors (Lipinski definition) is 6. The van der Waals surface area contributed by atoms with Crippen LogP contribution >= 0.6 is 0 Å². The van der Waals surface area contributed by atoms with Gasteiger partial charge in [-0.3, -0.25) is 23.9 Å². The lowest BCUT2D eigenvalue weighted by Crippen LogP contribution is -2.37. The molecule has 2 aliphatic rings. The summed E-state index contributed by atoms with van der Waals surface area (Å²) in [5.41, 5.74) is 2.92. The largest absolute Gasteiger partial charge is 0.426 e. The summed E-state index contributed by atoms with van der Waals surface area (Å²) in [7, 11) is 1.56. The fourth-order valence-electron chi connectivity index (χ4n) is 5.02. The molecule has 37 heavy (non-hydrogen) atoms. The van der Waals surface area contributed by atoms with E-state index in [9.17, 15) is 19.2 Å². The summed E-state index contributed by atoms with van der Waals surface area (Å²) >= 11 is 0. The summed E-state index contributed by atoms with van der Waals surface area (Å²) < 4.78 is 6.84. The van der Waals surface area contributed by atoms with E-state index in [2.05, 4.69) is 10.3 Å². The maximum atomic E-state index is 13.5. The van der Waals surface area contributed by atoms with Gasteiger partial charge in [-0.05, 0) is 23.3 Å². The van der Waals surface area contributed by atoms with Crippen LogP contribution in [0.5, 0.6) is 5.75 Å². The molecule has 0 bridgehead atoms. The molecule has 1 aliphatic carbocycles. The van der Waals surface area contributed by atoms with Gasteiger partial charge in [-0.1, -0.05) is 66.7 Å². The number of anilines is 1. The van der Waals surface area contributed by atoms with Crippen LogP contribution in [0.4, 0.5) is 5.82 Å². The van der Waals surface area contributed by atoms with Crippen molar-refractivity contribution in [3.63, 3.8) is 0 Å². The van der Waals surface area contributed by atoms with Crippen LogP contribution in [0.25, 0.3) is 5.70 Å². The molecule has 0 saturated heterocycles. The third-order valence-electron chi connectivity index (χ3n) is 6.77. The lowest BCUT2D eigenvalue weighted by Gasteiger charge is -2.29. The van der Waals surface area contributed by atoms with E-state index in [0.717, 1.165) is 11.1 Å². The molecule has 0 saturated carbocycles. The van der Waals surface area contributed by atoms with Gasteiger partial charge in [-0.2, -0.15) is 0 Å². The van der Waals surface area contributed by atoms with Gasteiger partial charge >= 0.3 is 11.7 Å². The number of ether oxygens (including phenoxy) is 1. The minimum Gasteiger partial charge on any atom is -0.426 e. The Morgan fingerprint density at radius 1 is 0.892 bits per heavy atom. The number of allylic oxidation sites excluding steroid dienone is 1. The van der Waals surface area contributed by atoms with Crippen molar-refractivity contribution < 1.29 is 14.3 Å². The molecule has 182 valence electrons. The van der Waals surface area contributed by atoms with Gasteiger partial charge in [0.1, 0.15) is 11.6 Å². The lowest BCUT2D eigenvalue weighted by atomic mass is 9.81. The molecular formula is C29H21N3O5. The maximum Gasteiger partial charge on any atom is 0.329 e. The van der Waals surface area contributed by atoms with Gasteiger partial charge in [0.2, 0.25) is 0 Å². The minimum absolute atomic E-state index is 0.136. The van der Waals surface area contributed by atoms with Crippen LogP contribution in [0, 0.1) is 0 Å². The molecule has 2 heterocycles. The fourth-order valence-corrected chi connectivity index (χ4v) is 5.02. The molecule has 0 amide bonds. The number of aromatic amines is 1. The predicted octanol–water partition coefficient (Wildman–Crippen LogP) is 3.39. The van der Waals surface area contributed by atoms with Crippen LogP contribution in [0.1, 0.15) is 38.5 Å². The molecule has 8 nitrogen and oxygen atoms in total. The van der Waals surface area contributed by atoms with Crippen LogP contribution in [-0.4, -0.2) is 21.3 Å². The Labute approximate surface area is 210 Å². The summed E-state index contributed by atoms with van der Waals surface area (Å²) in [5.74, 6) is -0.621. The molecule has 0 spiro atoms.